The van der Waals surface area contributed by atoms with Gasteiger partial charge in [-0.3, -0.25) is 0 Å². The van der Waals surface area contributed by atoms with Gasteiger partial charge in [-0.25, -0.2) is 13.1 Å². The molecule has 2 rings (SSSR count). The number of nitrogens with one attached hydrogen (secondary N) is 1. The number of hydrogen-bond acceptors (Lipinski definition) is 4. The van der Waals surface area contributed by atoms with E-state index in [1.54, 1.807) is 11.4 Å². The monoisotopic (exact) mass is 261 g/mol. The maximum absolute atomic E-state index is 12.0. The van der Waals surface area contributed by atoms with Crippen molar-refractivity contribution in [2.24, 2.45) is 5.92 Å². The standard InChI is InChI=1S/C10H15NO3S2/c1-2-7-5-8(7)11-16(13,14)10-3-4-15-9(10)6-12/h3-4,7-8,11-12H,2,5-6H2,1H3. The fraction of sp³-hybridized carbons (Fsp3) is 0.600. The summed E-state index contributed by atoms with van der Waals surface area (Å²) < 4.78 is 26.6. The van der Waals surface area contributed by atoms with Gasteiger partial charge in [-0.05, 0) is 23.8 Å². The lowest BCUT2D eigenvalue weighted by molar-refractivity contribution is 0.282. The Balaban J connectivity index is 2.14. The lowest BCUT2D eigenvalue weighted by atomic mass is 10.3. The second kappa shape index (κ2) is 4.44. The Bertz CT molecular complexity index is 466. The van der Waals surface area contributed by atoms with E-state index in [9.17, 15) is 8.42 Å². The van der Waals surface area contributed by atoms with Crippen LogP contribution in [0.3, 0.4) is 0 Å². The van der Waals surface area contributed by atoms with E-state index < -0.39 is 10.0 Å². The van der Waals surface area contributed by atoms with E-state index in [-0.39, 0.29) is 17.5 Å². The molecular weight excluding hydrogens is 246 g/mol. The zero-order chi connectivity index (χ0) is 11.8. The van der Waals surface area contributed by atoms with Crippen molar-refractivity contribution in [1.29, 1.82) is 0 Å². The Labute approximate surface area is 99.4 Å². The van der Waals surface area contributed by atoms with Crippen LogP contribution in [0.5, 0.6) is 0 Å². The van der Waals surface area contributed by atoms with Crippen LogP contribution < -0.4 is 4.72 Å². The molecular formula is C10H15NO3S2. The zero-order valence-corrected chi connectivity index (χ0v) is 10.6. The SMILES string of the molecule is CCC1CC1NS(=O)(=O)c1ccsc1CO. The molecule has 16 heavy (non-hydrogen) atoms. The predicted molar refractivity (Wildman–Crippen MR) is 62.7 cm³/mol. The summed E-state index contributed by atoms with van der Waals surface area (Å²) in [5, 5.41) is 10.7. The number of aliphatic hydroxyl groups excluding tert-OH is 1. The van der Waals surface area contributed by atoms with Crippen molar-refractivity contribution in [3.63, 3.8) is 0 Å². The topological polar surface area (TPSA) is 66.4 Å². The Hall–Kier alpha value is -0.430. The summed E-state index contributed by atoms with van der Waals surface area (Å²) in [5.41, 5.74) is 0. The van der Waals surface area contributed by atoms with Gasteiger partial charge in [0.1, 0.15) is 0 Å². The number of hydrogen-bond donors (Lipinski definition) is 2. The maximum Gasteiger partial charge on any atom is 0.242 e. The van der Waals surface area contributed by atoms with E-state index in [2.05, 4.69) is 11.6 Å². The van der Waals surface area contributed by atoms with Crippen molar-refractivity contribution in [2.75, 3.05) is 0 Å². The summed E-state index contributed by atoms with van der Waals surface area (Å²) in [4.78, 5) is 0.725. The molecule has 6 heteroatoms. The summed E-state index contributed by atoms with van der Waals surface area (Å²) in [6.45, 7) is 1.83. The molecule has 1 saturated carbocycles. The van der Waals surface area contributed by atoms with Crippen LogP contribution in [0.4, 0.5) is 0 Å². The van der Waals surface area contributed by atoms with E-state index in [1.807, 2.05) is 0 Å². The van der Waals surface area contributed by atoms with Crippen molar-refractivity contribution in [3.05, 3.63) is 16.3 Å². The van der Waals surface area contributed by atoms with Crippen LogP contribution in [-0.4, -0.2) is 19.6 Å². The number of rotatable bonds is 5. The quantitative estimate of drug-likeness (QED) is 0.840. The highest BCUT2D eigenvalue weighted by Gasteiger charge is 2.39. The van der Waals surface area contributed by atoms with Gasteiger partial charge in [0.05, 0.1) is 11.5 Å². The molecule has 1 aromatic rings. The van der Waals surface area contributed by atoms with Gasteiger partial charge in [-0.2, -0.15) is 0 Å². The first-order chi connectivity index (χ1) is 7.58. The Morgan fingerprint density at radius 2 is 2.38 bits per heavy atom. The van der Waals surface area contributed by atoms with Crippen molar-refractivity contribution in [2.45, 2.75) is 37.3 Å². The first-order valence-electron chi connectivity index (χ1n) is 5.28. The van der Waals surface area contributed by atoms with Gasteiger partial charge in [0.25, 0.3) is 0 Å². The number of aliphatic hydroxyl groups is 1. The molecule has 0 radical (unpaired) electrons. The molecule has 0 aliphatic heterocycles. The summed E-state index contributed by atoms with van der Waals surface area (Å²) in [7, 11) is -3.44. The molecule has 1 aliphatic carbocycles. The first-order valence-corrected chi connectivity index (χ1v) is 7.64. The summed E-state index contributed by atoms with van der Waals surface area (Å²) in [6, 6.07) is 1.63. The second-order valence-corrected chi connectivity index (χ2v) is 6.68. The Morgan fingerprint density at radius 3 is 2.94 bits per heavy atom. The summed E-state index contributed by atoms with van der Waals surface area (Å²) >= 11 is 1.26. The van der Waals surface area contributed by atoms with E-state index in [1.165, 1.54) is 11.3 Å². The number of sulfonamides is 1. The fourth-order valence-corrected chi connectivity index (χ4v) is 4.40. The largest absolute Gasteiger partial charge is 0.391 e. The van der Waals surface area contributed by atoms with Crippen molar-refractivity contribution in [3.8, 4) is 0 Å². The van der Waals surface area contributed by atoms with Gasteiger partial charge < -0.3 is 5.11 Å². The van der Waals surface area contributed by atoms with E-state index >= 15 is 0 Å². The third-order valence-corrected chi connectivity index (χ3v) is 5.50. The first kappa shape index (κ1) is 12.0. The van der Waals surface area contributed by atoms with Gasteiger partial charge in [0.2, 0.25) is 10.0 Å². The minimum absolute atomic E-state index is 0.0847. The molecule has 4 nitrogen and oxygen atoms in total. The third-order valence-electron chi connectivity index (χ3n) is 2.89. The van der Waals surface area contributed by atoms with Crippen LogP contribution in [0.2, 0.25) is 0 Å². The normalized spacial score (nSPS) is 24.6. The zero-order valence-electron chi connectivity index (χ0n) is 9.01. The molecule has 0 aromatic carbocycles. The lowest BCUT2D eigenvalue weighted by Gasteiger charge is -2.05. The van der Waals surface area contributed by atoms with E-state index in [0.717, 1.165) is 12.8 Å². The van der Waals surface area contributed by atoms with E-state index in [0.29, 0.717) is 10.8 Å². The number of thiophene rings is 1. The average Bonchev–Trinajstić information content (AvgIpc) is 2.80. The van der Waals surface area contributed by atoms with Gasteiger partial charge in [0, 0.05) is 10.9 Å². The maximum atomic E-state index is 12.0. The fourth-order valence-electron chi connectivity index (χ4n) is 1.79. The lowest BCUT2D eigenvalue weighted by Crippen LogP contribution is -2.27. The van der Waals surface area contributed by atoms with Crippen LogP contribution in [0.25, 0.3) is 0 Å². The molecule has 0 spiro atoms. The minimum atomic E-state index is -3.44. The molecule has 0 bridgehead atoms. The van der Waals surface area contributed by atoms with Gasteiger partial charge >= 0.3 is 0 Å². The van der Waals surface area contributed by atoms with Crippen LogP contribution in [-0.2, 0) is 16.6 Å². The molecule has 1 aromatic heterocycles. The van der Waals surface area contributed by atoms with Gasteiger partial charge in [0.15, 0.2) is 0 Å². The molecule has 2 unspecified atom stereocenters. The van der Waals surface area contributed by atoms with Crippen LogP contribution in [0.1, 0.15) is 24.6 Å². The minimum Gasteiger partial charge on any atom is -0.391 e. The molecule has 2 N–H and O–H groups in total. The molecule has 0 saturated heterocycles. The van der Waals surface area contributed by atoms with Crippen molar-refractivity contribution < 1.29 is 13.5 Å². The highest BCUT2D eigenvalue weighted by Crippen LogP contribution is 2.35. The van der Waals surface area contributed by atoms with Crippen LogP contribution in [0, 0.1) is 5.92 Å². The molecule has 1 aliphatic rings. The van der Waals surface area contributed by atoms with Crippen LogP contribution in [0.15, 0.2) is 16.3 Å². The van der Waals surface area contributed by atoms with Crippen LogP contribution >= 0.6 is 11.3 Å². The van der Waals surface area contributed by atoms with Gasteiger partial charge in [-0.1, -0.05) is 13.3 Å². The average molecular weight is 261 g/mol. The van der Waals surface area contributed by atoms with E-state index in [4.69, 9.17) is 5.11 Å². The third kappa shape index (κ3) is 2.29. The molecule has 1 fully saturated rings. The summed E-state index contributed by atoms with van der Waals surface area (Å²) in [5.74, 6) is 0.478. The second-order valence-electron chi connectivity index (χ2n) is 4.00. The molecule has 2 atom stereocenters. The highest BCUT2D eigenvalue weighted by molar-refractivity contribution is 7.89. The van der Waals surface area contributed by atoms with Crippen molar-refractivity contribution >= 4 is 21.4 Å². The molecule has 0 amide bonds. The van der Waals surface area contributed by atoms with Crippen molar-refractivity contribution in [1.82, 2.24) is 4.72 Å². The Morgan fingerprint density at radius 1 is 1.62 bits per heavy atom. The molecule has 1 heterocycles. The Kier molecular flexibility index (Phi) is 3.34. The molecule has 90 valence electrons. The van der Waals surface area contributed by atoms with Gasteiger partial charge in [-0.15, -0.1) is 11.3 Å². The smallest absolute Gasteiger partial charge is 0.242 e. The summed E-state index contributed by atoms with van der Waals surface area (Å²) in [6.07, 6.45) is 1.93. The highest BCUT2D eigenvalue weighted by atomic mass is 32.2. The predicted octanol–water partition coefficient (Wildman–Crippen LogP) is 1.32.